The van der Waals surface area contributed by atoms with Crippen molar-refractivity contribution in [3.05, 3.63) is 76.0 Å². The van der Waals surface area contributed by atoms with Crippen LogP contribution in [0.2, 0.25) is 15.1 Å². The molecule has 6 heteroatoms. The fourth-order valence-electron chi connectivity index (χ4n) is 2.77. The molecule has 0 radical (unpaired) electrons. The van der Waals surface area contributed by atoms with Crippen molar-refractivity contribution in [3.8, 4) is 16.9 Å². The predicted molar refractivity (Wildman–Crippen MR) is 98.1 cm³/mol. The first-order valence-electron chi connectivity index (χ1n) is 7.23. The number of pyridine rings is 1. The van der Waals surface area contributed by atoms with Gasteiger partial charge in [-0.2, -0.15) is 5.10 Å². The summed E-state index contributed by atoms with van der Waals surface area (Å²) in [5.74, 6) is 0. The summed E-state index contributed by atoms with van der Waals surface area (Å²) >= 11 is 18.8. The Hall–Kier alpha value is -2.07. The number of hydrogen-bond acceptors (Lipinski definition) is 1. The van der Waals surface area contributed by atoms with Gasteiger partial charge in [0.25, 0.3) is 5.69 Å². The highest BCUT2D eigenvalue weighted by atomic mass is 35.5. The van der Waals surface area contributed by atoms with Gasteiger partial charge in [0.2, 0.25) is 5.52 Å². The monoisotopic (exact) mass is 374 g/mol. The van der Waals surface area contributed by atoms with Crippen molar-refractivity contribution in [2.24, 2.45) is 0 Å². The van der Waals surface area contributed by atoms with E-state index in [1.165, 1.54) is 0 Å². The molecule has 0 atom stereocenters. The molecule has 2 heterocycles. The van der Waals surface area contributed by atoms with Crippen molar-refractivity contribution >= 4 is 45.7 Å². The molecular weight excluding hydrogens is 365 g/mol. The zero-order valence-corrected chi connectivity index (χ0v) is 14.6. The van der Waals surface area contributed by atoms with Gasteiger partial charge in [0, 0.05) is 29.0 Å². The largest absolute Gasteiger partial charge is 0.273 e. The Morgan fingerprint density at radius 2 is 1.67 bits per heavy atom. The van der Waals surface area contributed by atoms with E-state index in [1.54, 1.807) is 18.3 Å². The van der Waals surface area contributed by atoms with E-state index in [4.69, 9.17) is 34.8 Å². The van der Waals surface area contributed by atoms with Crippen LogP contribution >= 0.6 is 34.8 Å². The zero-order valence-electron chi connectivity index (χ0n) is 12.3. The van der Waals surface area contributed by atoms with E-state index in [-0.39, 0.29) is 0 Å². The average Bonchev–Trinajstić information content (AvgIpc) is 2.94. The summed E-state index contributed by atoms with van der Waals surface area (Å²) in [7, 11) is 0. The molecule has 0 unspecified atom stereocenters. The summed E-state index contributed by atoms with van der Waals surface area (Å²) < 4.78 is 1.87. The van der Waals surface area contributed by atoms with E-state index in [0.29, 0.717) is 20.8 Å². The van der Waals surface area contributed by atoms with Crippen LogP contribution in [0.5, 0.6) is 0 Å². The fraction of sp³-hybridized carbons (Fsp3) is 0. The highest BCUT2D eigenvalue weighted by Gasteiger charge is 2.25. The number of para-hydroxylation sites is 1. The van der Waals surface area contributed by atoms with Crippen LogP contribution in [-0.2, 0) is 0 Å². The number of nitrogens with one attached hydrogen (secondary N) is 1. The molecule has 1 N–H and O–H groups in total. The highest BCUT2D eigenvalue weighted by Crippen LogP contribution is 2.32. The van der Waals surface area contributed by atoms with Crippen LogP contribution in [0.1, 0.15) is 0 Å². The van der Waals surface area contributed by atoms with Gasteiger partial charge in [-0.1, -0.05) is 51.6 Å². The van der Waals surface area contributed by atoms with Crippen LogP contribution in [0.3, 0.4) is 0 Å². The summed E-state index contributed by atoms with van der Waals surface area (Å²) in [5.41, 5.74) is 3.55. The lowest BCUT2D eigenvalue weighted by atomic mass is 10.1. The van der Waals surface area contributed by atoms with Crippen molar-refractivity contribution in [1.82, 2.24) is 10.1 Å². The van der Waals surface area contributed by atoms with Gasteiger partial charge in [-0.15, -0.1) is 0 Å². The maximum Gasteiger partial charge on any atom is 0.273 e. The third-order valence-corrected chi connectivity index (χ3v) is 4.59. The number of hydrogen-bond donors (Lipinski definition) is 1. The minimum atomic E-state index is 0.474. The molecular formula is C18H11Cl3N3+. The van der Waals surface area contributed by atoms with E-state index in [9.17, 15) is 0 Å². The third-order valence-electron chi connectivity index (χ3n) is 3.79. The Labute approximate surface area is 153 Å². The van der Waals surface area contributed by atoms with Crippen LogP contribution in [0.15, 0.2) is 60.9 Å². The number of rotatable bonds is 2. The Balaban J connectivity index is 2.05. The topological polar surface area (TPSA) is 32.6 Å². The Kier molecular flexibility index (Phi) is 3.93. The van der Waals surface area contributed by atoms with Crippen molar-refractivity contribution in [2.45, 2.75) is 0 Å². The lowest BCUT2D eigenvalue weighted by molar-refractivity contribution is -0.628. The summed E-state index contributed by atoms with van der Waals surface area (Å²) in [6.45, 7) is 0. The van der Waals surface area contributed by atoms with E-state index >= 15 is 0 Å². The minimum absolute atomic E-state index is 0.474. The summed E-state index contributed by atoms with van der Waals surface area (Å²) in [6, 6.07) is 15.3. The molecule has 24 heavy (non-hydrogen) atoms. The summed E-state index contributed by atoms with van der Waals surface area (Å²) in [4.78, 5) is 4.20. The quantitative estimate of drug-likeness (QED) is 0.463. The SMILES string of the molecule is Clc1cc(Cl)c(-[n+]2[nH]c(-c3cccnc3)c3ccccc32)c(Cl)c1. The van der Waals surface area contributed by atoms with E-state index in [0.717, 1.165) is 22.2 Å². The summed E-state index contributed by atoms with van der Waals surface area (Å²) in [5, 5.41) is 5.88. The first-order chi connectivity index (χ1) is 11.6. The molecule has 0 bridgehead atoms. The number of nitrogens with zero attached hydrogens (tertiary/aromatic N) is 2. The maximum atomic E-state index is 6.40. The average molecular weight is 376 g/mol. The Bertz CT molecular complexity index is 1020. The first kappa shape index (κ1) is 15.5. The lowest BCUT2D eigenvalue weighted by Gasteiger charge is -2.00. The van der Waals surface area contributed by atoms with E-state index in [2.05, 4.69) is 10.1 Å². The molecule has 118 valence electrons. The van der Waals surface area contributed by atoms with Crippen molar-refractivity contribution in [3.63, 3.8) is 0 Å². The summed E-state index contributed by atoms with van der Waals surface area (Å²) in [6.07, 6.45) is 3.56. The van der Waals surface area contributed by atoms with Gasteiger partial charge in [-0.05, 0) is 30.3 Å². The van der Waals surface area contributed by atoms with Gasteiger partial charge in [-0.3, -0.25) is 4.98 Å². The first-order valence-corrected chi connectivity index (χ1v) is 8.36. The second kappa shape index (κ2) is 6.10. The number of benzene rings is 2. The molecule has 0 aliphatic carbocycles. The molecule has 3 nitrogen and oxygen atoms in total. The predicted octanol–water partition coefficient (Wildman–Crippen LogP) is 5.47. The van der Waals surface area contributed by atoms with E-state index in [1.807, 2.05) is 47.3 Å². The molecule has 4 aromatic rings. The van der Waals surface area contributed by atoms with Crippen LogP contribution in [-0.4, -0.2) is 10.1 Å². The molecule has 2 aromatic carbocycles. The second-order valence-corrected chi connectivity index (χ2v) is 6.55. The standard InChI is InChI=1S/C18H10Cl3N3/c19-12-8-14(20)18(15(21)9-12)24-16-6-2-1-5-13(16)17(23-24)11-4-3-7-22-10-11/h1-10H/p+1. The molecule has 0 saturated heterocycles. The third kappa shape index (κ3) is 2.55. The Morgan fingerprint density at radius 1 is 0.917 bits per heavy atom. The number of aromatic nitrogens is 3. The van der Waals surface area contributed by atoms with Gasteiger partial charge in [0.1, 0.15) is 15.7 Å². The van der Waals surface area contributed by atoms with Gasteiger partial charge in [-0.25, -0.2) is 0 Å². The normalized spacial score (nSPS) is 11.1. The molecule has 0 saturated carbocycles. The van der Waals surface area contributed by atoms with Gasteiger partial charge < -0.3 is 0 Å². The number of halogens is 3. The molecule has 4 rings (SSSR count). The number of aromatic amines is 1. The van der Waals surface area contributed by atoms with Crippen molar-refractivity contribution < 1.29 is 4.68 Å². The highest BCUT2D eigenvalue weighted by molar-refractivity contribution is 6.40. The van der Waals surface area contributed by atoms with Crippen LogP contribution < -0.4 is 4.68 Å². The number of fused-ring (bicyclic) bond motifs is 1. The lowest BCUT2D eigenvalue weighted by Crippen LogP contribution is -2.33. The molecule has 2 aromatic heterocycles. The van der Waals surface area contributed by atoms with Gasteiger partial charge in [0.05, 0.1) is 5.39 Å². The molecule has 0 fully saturated rings. The fourth-order valence-corrected chi connectivity index (χ4v) is 3.75. The Morgan fingerprint density at radius 3 is 2.38 bits per heavy atom. The molecule has 0 spiro atoms. The smallest absolute Gasteiger partial charge is 0.264 e. The molecule has 0 aliphatic rings. The van der Waals surface area contributed by atoms with Crippen LogP contribution in [0.25, 0.3) is 27.8 Å². The van der Waals surface area contributed by atoms with Crippen molar-refractivity contribution in [1.29, 1.82) is 0 Å². The second-order valence-electron chi connectivity index (χ2n) is 5.30. The van der Waals surface area contributed by atoms with Crippen molar-refractivity contribution in [2.75, 3.05) is 0 Å². The van der Waals surface area contributed by atoms with Crippen LogP contribution in [0, 0.1) is 0 Å². The van der Waals surface area contributed by atoms with E-state index < -0.39 is 0 Å². The molecule has 0 aliphatic heterocycles. The van der Waals surface area contributed by atoms with Gasteiger partial charge in [0.15, 0.2) is 0 Å². The number of H-pyrrole nitrogens is 1. The zero-order chi connectivity index (χ0) is 16.7. The van der Waals surface area contributed by atoms with Crippen LogP contribution in [0.4, 0.5) is 0 Å². The molecule has 0 amide bonds. The van der Waals surface area contributed by atoms with Gasteiger partial charge >= 0.3 is 0 Å². The maximum absolute atomic E-state index is 6.40. The minimum Gasteiger partial charge on any atom is -0.264 e.